The Morgan fingerprint density at radius 1 is 1.05 bits per heavy atom. The van der Waals surface area contributed by atoms with Gasteiger partial charge in [-0.05, 0) is 68.6 Å². The monoisotopic (exact) mass is 509 g/mol. The average molecular weight is 510 g/mol. The number of hydrogen-bond donors (Lipinski definition) is 3. The van der Waals surface area contributed by atoms with Crippen LogP contribution in [0.3, 0.4) is 0 Å². The number of hydrogen-bond acceptors (Lipinski definition) is 6. The fourth-order valence-electron chi connectivity index (χ4n) is 4.18. The Bertz CT molecular complexity index is 1090. The van der Waals surface area contributed by atoms with Crippen molar-refractivity contribution < 1.29 is 23.9 Å². The summed E-state index contributed by atoms with van der Waals surface area (Å²) in [5.74, 6) is 5.56. The van der Waals surface area contributed by atoms with E-state index in [2.05, 4.69) is 34.2 Å². The molecule has 2 aromatic carbocycles. The standard InChI is InChI=1S/C29H36FN3O4/c1-28(21-30,22-34)29(2,27(35)32-36)31-15-3-4-23-5-7-24(8-6-23)9-10-25-11-13-26(14-12-25)20-33-16-18-37-19-17-33/h5-8,11-14,22,31,36H,3-4,15-21H2,1-2H3,(H,32,35). The summed E-state index contributed by atoms with van der Waals surface area (Å²) in [4.78, 5) is 26.1. The molecule has 1 heterocycles. The summed E-state index contributed by atoms with van der Waals surface area (Å²) in [6.07, 6.45) is 1.78. The maximum atomic E-state index is 13.6. The van der Waals surface area contributed by atoms with E-state index in [9.17, 15) is 14.0 Å². The van der Waals surface area contributed by atoms with Gasteiger partial charge < -0.3 is 14.8 Å². The molecule has 0 radical (unpaired) electrons. The zero-order valence-electron chi connectivity index (χ0n) is 21.6. The molecule has 37 heavy (non-hydrogen) atoms. The molecule has 0 aliphatic carbocycles. The van der Waals surface area contributed by atoms with Gasteiger partial charge in [0.25, 0.3) is 5.91 Å². The summed E-state index contributed by atoms with van der Waals surface area (Å²) < 4.78 is 19.0. The Morgan fingerprint density at radius 3 is 2.14 bits per heavy atom. The number of hydroxylamine groups is 1. The molecule has 0 spiro atoms. The minimum Gasteiger partial charge on any atom is -0.379 e. The van der Waals surface area contributed by atoms with Gasteiger partial charge in [0.2, 0.25) is 0 Å². The molecule has 0 aromatic heterocycles. The van der Waals surface area contributed by atoms with Gasteiger partial charge in [-0.25, -0.2) is 9.87 Å². The lowest BCUT2D eigenvalue weighted by molar-refractivity contribution is -0.145. The zero-order valence-corrected chi connectivity index (χ0v) is 21.6. The van der Waals surface area contributed by atoms with Gasteiger partial charge in [0, 0.05) is 30.8 Å². The molecule has 0 saturated carbocycles. The summed E-state index contributed by atoms with van der Waals surface area (Å²) >= 11 is 0. The largest absolute Gasteiger partial charge is 0.379 e. The molecule has 1 amide bonds. The van der Waals surface area contributed by atoms with Gasteiger partial charge in [-0.2, -0.15) is 0 Å². The molecule has 0 bridgehead atoms. The van der Waals surface area contributed by atoms with Crippen LogP contribution in [0.4, 0.5) is 4.39 Å². The van der Waals surface area contributed by atoms with E-state index in [1.807, 2.05) is 36.4 Å². The highest BCUT2D eigenvalue weighted by Crippen LogP contribution is 2.30. The molecule has 1 fully saturated rings. The van der Waals surface area contributed by atoms with Crippen molar-refractivity contribution in [3.8, 4) is 11.8 Å². The van der Waals surface area contributed by atoms with Crippen LogP contribution in [0, 0.1) is 17.3 Å². The van der Waals surface area contributed by atoms with E-state index in [1.165, 1.54) is 19.4 Å². The average Bonchev–Trinajstić information content (AvgIpc) is 2.95. The molecule has 7 nitrogen and oxygen atoms in total. The third-order valence-corrected chi connectivity index (χ3v) is 7.13. The number of ether oxygens (including phenoxy) is 1. The first-order valence-corrected chi connectivity index (χ1v) is 12.6. The summed E-state index contributed by atoms with van der Waals surface area (Å²) in [5, 5.41) is 12.0. The molecule has 2 aromatic rings. The molecule has 1 saturated heterocycles. The number of morpholine rings is 1. The predicted molar refractivity (Wildman–Crippen MR) is 140 cm³/mol. The highest BCUT2D eigenvalue weighted by Gasteiger charge is 2.50. The summed E-state index contributed by atoms with van der Waals surface area (Å²) in [7, 11) is 0. The van der Waals surface area contributed by atoms with Crippen molar-refractivity contribution in [3.63, 3.8) is 0 Å². The van der Waals surface area contributed by atoms with Crippen LogP contribution >= 0.6 is 0 Å². The van der Waals surface area contributed by atoms with Gasteiger partial charge in [0.15, 0.2) is 0 Å². The third-order valence-electron chi connectivity index (χ3n) is 7.13. The van der Waals surface area contributed by atoms with Gasteiger partial charge in [-0.15, -0.1) is 0 Å². The Morgan fingerprint density at radius 2 is 1.62 bits per heavy atom. The molecule has 2 atom stereocenters. The molecule has 1 aliphatic rings. The molecular weight excluding hydrogens is 473 g/mol. The number of carbonyl (C=O) groups excluding carboxylic acids is 2. The quantitative estimate of drug-likeness (QED) is 0.142. The SMILES string of the molecule is CC(C=O)(CF)C(C)(NCCCc1ccc(C#Cc2ccc(CN3CCOCC3)cc2)cc1)C(=O)NO. The van der Waals surface area contributed by atoms with E-state index in [-0.39, 0.29) is 0 Å². The van der Waals surface area contributed by atoms with Gasteiger partial charge in [-0.1, -0.05) is 36.1 Å². The first kappa shape index (κ1) is 28.5. The van der Waals surface area contributed by atoms with E-state index in [1.54, 1.807) is 5.48 Å². The number of aldehydes is 1. The highest BCUT2D eigenvalue weighted by molar-refractivity contribution is 5.90. The minimum atomic E-state index is -1.61. The number of halogens is 1. The highest BCUT2D eigenvalue weighted by atomic mass is 19.1. The van der Waals surface area contributed by atoms with E-state index >= 15 is 0 Å². The van der Waals surface area contributed by atoms with E-state index in [0.29, 0.717) is 19.3 Å². The van der Waals surface area contributed by atoms with Crippen molar-refractivity contribution in [1.82, 2.24) is 15.7 Å². The number of amides is 1. The lowest BCUT2D eigenvalue weighted by Gasteiger charge is -2.39. The number of nitrogens with one attached hydrogen (secondary N) is 2. The second-order valence-corrected chi connectivity index (χ2v) is 9.80. The number of carbonyl (C=O) groups is 2. The topological polar surface area (TPSA) is 90.9 Å². The van der Waals surface area contributed by atoms with Crippen LogP contribution in [0.1, 0.15) is 42.5 Å². The van der Waals surface area contributed by atoms with Gasteiger partial charge >= 0.3 is 0 Å². The number of rotatable bonds is 11. The lowest BCUT2D eigenvalue weighted by atomic mass is 9.73. The van der Waals surface area contributed by atoms with Crippen LogP contribution in [0.2, 0.25) is 0 Å². The van der Waals surface area contributed by atoms with Crippen LogP contribution in [0.15, 0.2) is 48.5 Å². The van der Waals surface area contributed by atoms with Crippen molar-refractivity contribution in [2.75, 3.05) is 39.5 Å². The Labute approximate surface area is 218 Å². The number of nitrogens with zero attached hydrogens (tertiary/aromatic N) is 1. The Hall–Kier alpha value is -3.09. The van der Waals surface area contributed by atoms with Crippen molar-refractivity contribution >= 4 is 12.2 Å². The molecule has 198 valence electrons. The normalized spacial score (nSPS) is 17.1. The van der Waals surface area contributed by atoms with Gasteiger partial charge in [-0.3, -0.25) is 14.9 Å². The van der Waals surface area contributed by atoms with Crippen LogP contribution in [0.5, 0.6) is 0 Å². The van der Waals surface area contributed by atoms with Crippen LogP contribution in [-0.4, -0.2) is 67.4 Å². The zero-order chi connectivity index (χ0) is 26.7. The van der Waals surface area contributed by atoms with E-state index in [4.69, 9.17) is 9.94 Å². The van der Waals surface area contributed by atoms with Crippen LogP contribution in [-0.2, 0) is 27.3 Å². The maximum absolute atomic E-state index is 13.6. The maximum Gasteiger partial charge on any atom is 0.264 e. The predicted octanol–water partition coefficient (Wildman–Crippen LogP) is 2.88. The Kier molecular flexibility index (Phi) is 10.4. The van der Waals surface area contributed by atoms with Gasteiger partial charge in [0.05, 0.1) is 18.6 Å². The molecule has 8 heteroatoms. The fourth-order valence-corrected chi connectivity index (χ4v) is 4.18. The van der Waals surface area contributed by atoms with Crippen molar-refractivity contribution in [2.24, 2.45) is 5.41 Å². The molecule has 3 N–H and O–H groups in total. The summed E-state index contributed by atoms with van der Waals surface area (Å²) in [6, 6.07) is 16.3. The first-order valence-electron chi connectivity index (χ1n) is 12.6. The van der Waals surface area contributed by atoms with Crippen LogP contribution in [0.25, 0.3) is 0 Å². The van der Waals surface area contributed by atoms with E-state index < -0.39 is 23.5 Å². The fraction of sp³-hybridized carbons (Fsp3) is 0.448. The summed E-state index contributed by atoms with van der Waals surface area (Å²) in [5.41, 5.74) is 2.59. The van der Waals surface area contributed by atoms with E-state index in [0.717, 1.165) is 56.0 Å². The lowest BCUT2D eigenvalue weighted by Crippen LogP contribution is -2.65. The minimum absolute atomic E-state index is 0.358. The third kappa shape index (κ3) is 7.46. The summed E-state index contributed by atoms with van der Waals surface area (Å²) in [6.45, 7) is 6.53. The molecular formula is C29H36FN3O4. The molecule has 2 unspecified atom stereocenters. The molecule has 1 aliphatic heterocycles. The first-order chi connectivity index (χ1) is 17.8. The second-order valence-electron chi connectivity index (χ2n) is 9.80. The second kappa shape index (κ2) is 13.5. The van der Waals surface area contributed by atoms with Crippen LogP contribution < -0.4 is 10.8 Å². The number of benzene rings is 2. The van der Waals surface area contributed by atoms with Crippen molar-refractivity contribution in [2.45, 2.75) is 38.8 Å². The van der Waals surface area contributed by atoms with Crippen molar-refractivity contribution in [3.05, 3.63) is 70.8 Å². The molecule has 3 rings (SSSR count). The van der Waals surface area contributed by atoms with Crippen molar-refractivity contribution in [1.29, 1.82) is 0 Å². The smallest absolute Gasteiger partial charge is 0.264 e. The van der Waals surface area contributed by atoms with Gasteiger partial charge in [0.1, 0.15) is 18.5 Å². The number of aryl methyl sites for hydroxylation is 1. The number of alkyl halides is 1. The Balaban J connectivity index is 1.50.